The highest BCUT2D eigenvalue weighted by atomic mass is 15.3. The third-order valence-electron chi connectivity index (χ3n) is 2.66. The Morgan fingerprint density at radius 3 is 2.71 bits per heavy atom. The molecule has 0 aromatic carbocycles. The zero-order valence-electron chi connectivity index (χ0n) is 10.2. The molecule has 0 radical (unpaired) electrons. The van der Waals surface area contributed by atoms with Crippen LogP contribution in [0.25, 0.3) is 0 Å². The lowest BCUT2D eigenvalue weighted by Gasteiger charge is -2.15. The van der Waals surface area contributed by atoms with Crippen molar-refractivity contribution >= 4 is 0 Å². The molecule has 17 heavy (non-hydrogen) atoms. The number of nitrogens with zero attached hydrogens (tertiary/aromatic N) is 4. The first-order chi connectivity index (χ1) is 8.35. The van der Waals surface area contributed by atoms with E-state index in [0.717, 1.165) is 24.2 Å². The summed E-state index contributed by atoms with van der Waals surface area (Å²) >= 11 is 0. The summed E-state index contributed by atoms with van der Waals surface area (Å²) in [5.74, 6) is 0. The number of rotatable bonds is 5. The first kappa shape index (κ1) is 11.7. The Balaban J connectivity index is 2.28. The van der Waals surface area contributed by atoms with Gasteiger partial charge >= 0.3 is 0 Å². The molecular weight excluding hydrogens is 214 g/mol. The van der Waals surface area contributed by atoms with Gasteiger partial charge in [0, 0.05) is 24.5 Å². The second kappa shape index (κ2) is 5.54. The van der Waals surface area contributed by atoms with Crippen LogP contribution < -0.4 is 5.32 Å². The molecule has 2 rings (SSSR count). The van der Waals surface area contributed by atoms with Crippen molar-refractivity contribution < 1.29 is 0 Å². The van der Waals surface area contributed by atoms with Gasteiger partial charge in [-0.15, -0.1) is 0 Å². The first-order valence-corrected chi connectivity index (χ1v) is 5.87. The molecule has 5 heteroatoms. The predicted octanol–water partition coefficient (Wildman–Crippen LogP) is 1.39. The van der Waals surface area contributed by atoms with E-state index in [9.17, 15) is 0 Å². The fourth-order valence-electron chi connectivity index (χ4n) is 1.81. The summed E-state index contributed by atoms with van der Waals surface area (Å²) in [6.07, 6.45) is 7.46. The molecule has 1 atom stereocenters. The van der Waals surface area contributed by atoms with Crippen LogP contribution in [0.4, 0.5) is 0 Å². The van der Waals surface area contributed by atoms with Gasteiger partial charge in [-0.25, -0.2) is 0 Å². The van der Waals surface area contributed by atoms with Crippen molar-refractivity contribution in [3.8, 4) is 0 Å². The van der Waals surface area contributed by atoms with E-state index in [-0.39, 0.29) is 6.04 Å². The summed E-state index contributed by atoms with van der Waals surface area (Å²) in [5, 5.41) is 15.5. The number of hydrogen-bond acceptors (Lipinski definition) is 4. The number of hydrogen-bond donors (Lipinski definition) is 1. The largest absolute Gasteiger partial charge is 0.306 e. The van der Waals surface area contributed by atoms with Crippen LogP contribution in [0.1, 0.15) is 31.0 Å². The highest BCUT2D eigenvalue weighted by Gasteiger charge is 2.14. The third kappa shape index (κ3) is 2.68. The van der Waals surface area contributed by atoms with Crippen molar-refractivity contribution in [1.82, 2.24) is 25.3 Å². The predicted molar refractivity (Wildman–Crippen MR) is 65.5 cm³/mol. The molecule has 0 aliphatic heterocycles. The Labute approximate surface area is 101 Å². The minimum absolute atomic E-state index is 0.135. The minimum atomic E-state index is 0.135. The van der Waals surface area contributed by atoms with Crippen LogP contribution in [-0.4, -0.2) is 26.5 Å². The molecule has 0 amide bonds. The molecule has 1 N–H and O–H groups in total. The third-order valence-corrected chi connectivity index (χ3v) is 2.66. The van der Waals surface area contributed by atoms with Crippen molar-refractivity contribution in [2.24, 2.45) is 0 Å². The molecule has 2 aromatic heterocycles. The fourth-order valence-corrected chi connectivity index (χ4v) is 1.81. The summed E-state index contributed by atoms with van der Waals surface area (Å²) in [7, 11) is 0. The second-order valence-corrected chi connectivity index (χ2v) is 3.80. The van der Waals surface area contributed by atoms with Gasteiger partial charge in [0.05, 0.1) is 18.4 Å². The second-order valence-electron chi connectivity index (χ2n) is 3.80. The maximum atomic E-state index is 4.30. The van der Waals surface area contributed by atoms with Crippen LogP contribution in [-0.2, 0) is 6.54 Å². The van der Waals surface area contributed by atoms with Crippen molar-refractivity contribution in [1.29, 1.82) is 0 Å². The summed E-state index contributed by atoms with van der Waals surface area (Å²) in [5.41, 5.74) is 2.26. The maximum absolute atomic E-state index is 4.30. The van der Waals surface area contributed by atoms with Gasteiger partial charge < -0.3 is 5.32 Å². The van der Waals surface area contributed by atoms with E-state index in [1.165, 1.54) is 0 Å². The highest BCUT2D eigenvalue weighted by molar-refractivity contribution is 5.25. The zero-order valence-corrected chi connectivity index (χ0v) is 10.2. The molecule has 0 saturated heterocycles. The molecule has 0 saturated carbocycles. The molecular formula is C12H17N5. The zero-order chi connectivity index (χ0) is 12.1. The molecule has 0 fully saturated rings. The summed E-state index contributed by atoms with van der Waals surface area (Å²) < 4.78 is 1.92. The molecule has 90 valence electrons. The first-order valence-electron chi connectivity index (χ1n) is 5.87. The lowest BCUT2D eigenvalue weighted by molar-refractivity contribution is 0.621. The maximum Gasteiger partial charge on any atom is 0.0624 e. The fraction of sp³-hybridized carbons (Fsp3) is 0.417. The average molecular weight is 231 g/mol. The van der Waals surface area contributed by atoms with Gasteiger partial charge in [-0.05, 0) is 25.1 Å². The Kier molecular flexibility index (Phi) is 3.82. The average Bonchev–Trinajstić information content (AvgIpc) is 2.85. The SMILES string of the molecule is CCNC(c1ccnnc1)c1cnn(CC)c1. The van der Waals surface area contributed by atoms with E-state index < -0.39 is 0 Å². The standard InChI is InChI=1S/C12H17N5/c1-3-13-12(10-5-6-14-15-7-10)11-8-16-17(4-2)9-11/h5-9,12-13H,3-4H2,1-2H3. The van der Waals surface area contributed by atoms with Crippen LogP contribution >= 0.6 is 0 Å². The van der Waals surface area contributed by atoms with E-state index >= 15 is 0 Å². The number of nitrogens with one attached hydrogen (secondary N) is 1. The lowest BCUT2D eigenvalue weighted by atomic mass is 10.0. The van der Waals surface area contributed by atoms with Crippen molar-refractivity contribution in [3.63, 3.8) is 0 Å². The summed E-state index contributed by atoms with van der Waals surface area (Å²) in [6.45, 7) is 5.94. The molecule has 0 bridgehead atoms. The monoisotopic (exact) mass is 231 g/mol. The molecule has 0 aliphatic carbocycles. The Morgan fingerprint density at radius 1 is 1.24 bits per heavy atom. The van der Waals surface area contributed by atoms with Gasteiger partial charge in [0.25, 0.3) is 0 Å². The van der Waals surface area contributed by atoms with Crippen LogP contribution in [0, 0.1) is 0 Å². The lowest BCUT2D eigenvalue weighted by Crippen LogP contribution is -2.21. The molecule has 0 aliphatic rings. The van der Waals surface area contributed by atoms with Gasteiger partial charge in [0.2, 0.25) is 0 Å². The molecule has 5 nitrogen and oxygen atoms in total. The molecule has 2 heterocycles. The van der Waals surface area contributed by atoms with Crippen LogP contribution in [0.5, 0.6) is 0 Å². The molecule has 1 unspecified atom stereocenters. The van der Waals surface area contributed by atoms with Crippen molar-refractivity contribution in [2.45, 2.75) is 26.4 Å². The van der Waals surface area contributed by atoms with E-state index in [4.69, 9.17) is 0 Å². The van der Waals surface area contributed by atoms with E-state index in [1.807, 2.05) is 16.9 Å². The van der Waals surface area contributed by atoms with Gasteiger partial charge in [0.1, 0.15) is 0 Å². The topological polar surface area (TPSA) is 55.6 Å². The van der Waals surface area contributed by atoms with Gasteiger partial charge in [-0.3, -0.25) is 4.68 Å². The molecule has 0 spiro atoms. The Bertz CT molecular complexity index is 451. The van der Waals surface area contributed by atoms with E-state index in [0.29, 0.717) is 0 Å². The quantitative estimate of drug-likeness (QED) is 0.845. The highest BCUT2D eigenvalue weighted by Crippen LogP contribution is 2.20. The van der Waals surface area contributed by atoms with Gasteiger partial charge in [0.15, 0.2) is 0 Å². The number of aryl methyl sites for hydroxylation is 1. The number of aromatic nitrogens is 4. The Hall–Kier alpha value is -1.75. The van der Waals surface area contributed by atoms with Crippen LogP contribution in [0.15, 0.2) is 30.9 Å². The normalized spacial score (nSPS) is 12.6. The summed E-state index contributed by atoms with van der Waals surface area (Å²) in [6, 6.07) is 2.11. The van der Waals surface area contributed by atoms with Gasteiger partial charge in [-0.2, -0.15) is 15.3 Å². The smallest absolute Gasteiger partial charge is 0.0624 e. The van der Waals surface area contributed by atoms with Crippen LogP contribution in [0.2, 0.25) is 0 Å². The van der Waals surface area contributed by atoms with Crippen molar-refractivity contribution in [2.75, 3.05) is 6.54 Å². The van der Waals surface area contributed by atoms with Crippen molar-refractivity contribution in [3.05, 3.63) is 42.0 Å². The minimum Gasteiger partial charge on any atom is -0.306 e. The van der Waals surface area contributed by atoms with E-state index in [1.54, 1.807) is 12.4 Å². The Morgan fingerprint density at radius 2 is 2.12 bits per heavy atom. The van der Waals surface area contributed by atoms with E-state index in [2.05, 4.69) is 40.7 Å². The van der Waals surface area contributed by atoms with Crippen LogP contribution in [0.3, 0.4) is 0 Å². The molecule has 2 aromatic rings. The van der Waals surface area contributed by atoms with Gasteiger partial charge in [-0.1, -0.05) is 6.92 Å². The summed E-state index contributed by atoms with van der Waals surface area (Å²) in [4.78, 5) is 0.